The van der Waals surface area contributed by atoms with Crippen molar-refractivity contribution in [2.24, 2.45) is 0 Å². The molecule has 0 saturated carbocycles. The molecule has 1 aliphatic heterocycles. The summed E-state index contributed by atoms with van der Waals surface area (Å²) in [6, 6.07) is 12.7. The Kier molecular flexibility index (Phi) is 14.6. The monoisotopic (exact) mass is 681 g/mol. The molecule has 253 valence electrons. The van der Waals surface area contributed by atoms with Crippen LogP contribution in [-0.2, 0) is 18.3 Å². The summed E-state index contributed by atoms with van der Waals surface area (Å²) in [5.74, 6) is 0. The van der Waals surface area contributed by atoms with Gasteiger partial charge in [0.2, 0.25) is 0 Å². The van der Waals surface area contributed by atoms with Gasteiger partial charge in [-0.3, -0.25) is 0 Å². The fourth-order valence-electron chi connectivity index (χ4n) is 7.89. The molecule has 2 aliphatic rings. The van der Waals surface area contributed by atoms with Crippen molar-refractivity contribution in [3.05, 3.63) is 80.0 Å². The lowest BCUT2D eigenvalue weighted by molar-refractivity contribution is 0.440. The molecule has 5 rings (SSSR count). The average molecular weight is 682 g/mol. The van der Waals surface area contributed by atoms with E-state index in [4.69, 9.17) is 0 Å². The van der Waals surface area contributed by atoms with Gasteiger partial charge in [-0.05, 0) is 118 Å². The molecule has 0 bridgehead atoms. The highest BCUT2D eigenvalue weighted by molar-refractivity contribution is 7.13. The maximum absolute atomic E-state index is 2.66. The lowest BCUT2D eigenvalue weighted by atomic mass is 9.72. The first-order valence-corrected chi connectivity index (χ1v) is 22.3. The van der Waals surface area contributed by atoms with E-state index in [9.17, 15) is 0 Å². The van der Waals surface area contributed by atoms with Crippen LogP contribution in [0.1, 0.15) is 170 Å². The van der Waals surface area contributed by atoms with Gasteiger partial charge >= 0.3 is 0 Å². The Hall–Kier alpha value is -1.81. The molecule has 2 aromatic heterocycles. The topological polar surface area (TPSA) is 0 Å². The molecule has 1 aromatic carbocycles. The normalized spacial score (nSPS) is 14.9. The van der Waals surface area contributed by atoms with E-state index in [0.717, 1.165) is 9.13 Å². The first-order chi connectivity index (χ1) is 23.1. The minimum Gasteiger partial charge on any atom is -0.144 e. The van der Waals surface area contributed by atoms with Crippen LogP contribution in [0.4, 0.5) is 0 Å². The van der Waals surface area contributed by atoms with Crippen molar-refractivity contribution in [3.63, 3.8) is 0 Å². The Balaban J connectivity index is 1.49. The zero-order chi connectivity index (χ0) is 32.9. The maximum Gasteiger partial charge on any atom is 0.0568 e. The van der Waals surface area contributed by atoms with E-state index in [1.807, 2.05) is 22.7 Å². The van der Waals surface area contributed by atoms with Crippen LogP contribution in [0.5, 0.6) is 0 Å². The van der Waals surface area contributed by atoms with Gasteiger partial charge < -0.3 is 0 Å². The smallest absolute Gasteiger partial charge is 0.0568 e. The third kappa shape index (κ3) is 9.25. The number of rotatable bonds is 22. The molecule has 0 atom stereocenters. The second kappa shape index (κ2) is 18.8. The van der Waals surface area contributed by atoms with Gasteiger partial charge in [0.15, 0.2) is 0 Å². The highest BCUT2D eigenvalue weighted by Gasteiger charge is 2.45. The number of benzene rings is 1. The summed E-state index contributed by atoms with van der Waals surface area (Å²) in [6.07, 6.45) is 29.1. The molecule has 3 heteroatoms. The Morgan fingerprint density at radius 3 is 1.74 bits per heavy atom. The fourth-order valence-corrected chi connectivity index (χ4v) is 11.4. The van der Waals surface area contributed by atoms with Crippen LogP contribution < -0.4 is 0 Å². The average Bonchev–Trinajstić information content (AvgIpc) is 3.83. The molecular weight excluding hydrogens is 621 g/mol. The summed E-state index contributed by atoms with van der Waals surface area (Å²) >= 11 is 3.93. The van der Waals surface area contributed by atoms with E-state index in [-0.39, 0.29) is 5.41 Å². The van der Waals surface area contributed by atoms with Crippen molar-refractivity contribution in [1.29, 1.82) is 0 Å². The molecule has 3 heterocycles. The van der Waals surface area contributed by atoms with Gasteiger partial charge in [-0.1, -0.05) is 135 Å². The predicted molar refractivity (Wildman–Crippen MR) is 216 cm³/mol. The lowest BCUT2D eigenvalue weighted by Crippen LogP contribution is -2.34. The van der Waals surface area contributed by atoms with Crippen LogP contribution in [-0.4, -0.2) is 14.3 Å². The zero-order valence-corrected chi connectivity index (χ0v) is 32.8. The number of allylic oxidation sites excluding steroid dienone is 3. The van der Waals surface area contributed by atoms with Crippen LogP contribution in [0.25, 0.3) is 21.6 Å². The van der Waals surface area contributed by atoms with Gasteiger partial charge in [0.25, 0.3) is 0 Å². The number of fused-ring (bicyclic) bond motifs is 3. The Bertz CT molecular complexity index is 1480. The van der Waals surface area contributed by atoms with Crippen LogP contribution in [0.2, 0.25) is 0 Å². The zero-order valence-electron chi connectivity index (χ0n) is 30.2. The molecule has 3 aromatic rings. The minimum atomic E-state index is 0.194. The van der Waals surface area contributed by atoms with Gasteiger partial charge in [0, 0.05) is 15.2 Å². The van der Waals surface area contributed by atoms with E-state index >= 15 is 0 Å². The second-order valence-electron chi connectivity index (χ2n) is 14.4. The third-order valence-electron chi connectivity index (χ3n) is 10.7. The quantitative estimate of drug-likeness (QED) is 0.0731. The molecule has 0 fully saturated rings. The molecular formula is C44H61S2Si. The van der Waals surface area contributed by atoms with Gasteiger partial charge in [0.1, 0.15) is 0 Å². The molecule has 47 heavy (non-hydrogen) atoms. The number of aryl methyl sites for hydroxylation is 2. The standard InChI is InChI=1S/C44H61S2Si/c1-5-9-13-17-21-34-27-41(45-31-34)36-23-24-38-39-29-37(42-28-35(32-46-42)22-18-14-10-6-2)33-47-43(39)44(40(38)30-36,25-19-15-11-7-3)26-20-16-12-8-4/h23-24,27-33H,5-22,25-26H2,1-4H3. The Morgan fingerprint density at radius 2 is 1.15 bits per heavy atom. The van der Waals surface area contributed by atoms with E-state index in [1.165, 1.54) is 160 Å². The summed E-state index contributed by atoms with van der Waals surface area (Å²) in [6.45, 7) is 9.31. The van der Waals surface area contributed by atoms with E-state index in [1.54, 1.807) is 21.9 Å². The Labute approximate surface area is 298 Å². The van der Waals surface area contributed by atoms with Crippen molar-refractivity contribution < 1.29 is 0 Å². The first-order valence-electron chi connectivity index (χ1n) is 19.5. The Morgan fingerprint density at radius 1 is 0.596 bits per heavy atom. The summed E-state index contributed by atoms with van der Waals surface area (Å²) in [5.41, 5.74) is 13.6. The van der Waals surface area contributed by atoms with Crippen LogP contribution in [0.15, 0.2) is 52.9 Å². The van der Waals surface area contributed by atoms with Gasteiger partial charge in [-0.25, -0.2) is 0 Å². The highest BCUT2D eigenvalue weighted by atomic mass is 32.1. The molecule has 0 nitrogen and oxygen atoms in total. The number of hydrogen-bond donors (Lipinski definition) is 0. The van der Waals surface area contributed by atoms with Crippen molar-refractivity contribution in [2.75, 3.05) is 0 Å². The maximum atomic E-state index is 2.66. The van der Waals surface area contributed by atoms with E-state index < -0.39 is 0 Å². The van der Waals surface area contributed by atoms with Crippen LogP contribution in [0, 0.1) is 0 Å². The predicted octanol–water partition coefficient (Wildman–Crippen LogP) is 14.2. The van der Waals surface area contributed by atoms with Crippen molar-refractivity contribution >= 4 is 48.1 Å². The van der Waals surface area contributed by atoms with Gasteiger partial charge in [-0.2, -0.15) is 0 Å². The van der Waals surface area contributed by atoms with E-state index in [0.29, 0.717) is 0 Å². The number of hydrogen-bond acceptors (Lipinski definition) is 2. The number of unbranched alkanes of at least 4 members (excludes halogenated alkanes) is 12. The summed E-state index contributed by atoms with van der Waals surface area (Å²) in [7, 11) is 0.786. The largest absolute Gasteiger partial charge is 0.144 e. The molecule has 0 spiro atoms. The van der Waals surface area contributed by atoms with Gasteiger partial charge in [-0.15, -0.1) is 22.7 Å². The molecule has 0 unspecified atom stereocenters. The van der Waals surface area contributed by atoms with Crippen molar-refractivity contribution in [3.8, 4) is 10.4 Å². The summed E-state index contributed by atoms with van der Waals surface area (Å²) in [4.78, 5) is 2.94. The number of thiophene rings is 2. The fraction of sp³-hybridized carbons (Fsp3) is 0.568. The molecule has 0 saturated heterocycles. The molecule has 1 radical (unpaired) electrons. The van der Waals surface area contributed by atoms with Crippen molar-refractivity contribution in [2.45, 2.75) is 162 Å². The molecule has 1 aliphatic carbocycles. The second-order valence-corrected chi connectivity index (χ2v) is 17.3. The summed E-state index contributed by atoms with van der Waals surface area (Å²) < 4.78 is 0. The first kappa shape index (κ1) is 36.5. The molecule has 0 amide bonds. The lowest BCUT2D eigenvalue weighted by Gasteiger charge is -2.34. The minimum absolute atomic E-state index is 0.194. The highest BCUT2D eigenvalue weighted by Crippen LogP contribution is 2.52. The van der Waals surface area contributed by atoms with Crippen LogP contribution in [0.3, 0.4) is 0 Å². The van der Waals surface area contributed by atoms with E-state index in [2.05, 4.69) is 80.6 Å². The van der Waals surface area contributed by atoms with Gasteiger partial charge in [0.05, 0.1) is 9.13 Å². The summed E-state index contributed by atoms with van der Waals surface area (Å²) in [5, 5.41) is 6.63. The SMILES string of the molecule is CCCCCCc1csc(C2=C[Si]=C3C(=C2)c2ccc(-c4cc(CCCCCC)cs4)cc2C3(CCCCCC)CCCCCC)c1. The third-order valence-corrected chi connectivity index (χ3v) is 14.2. The van der Waals surface area contributed by atoms with Crippen LogP contribution >= 0.6 is 22.7 Å². The van der Waals surface area contributed by atoms with Crippen molar-refractivity contribution in [1.82, 2.24) is 0 Å². The molecule has 0 N–H and O–H groups in total.